The predicted octanol–water partition coefficient (Wildman–Crippen LogP) is 2.67. The van der Waals surface area contributed by atoms with Crippen LogP contribution < -0.4 is 5.32 Å². The van der Waals surface area contributed by atoms with E-state index in [1.54, 1.807) is 18.2 Å². The molecule has 0 radical (unpaired) electrons. The second-order valence-electron chi connectivity index (χ2n) is 5.16. The molecule has 0 saturated heterocycles. The number of carbonyl (C=O) groups excluding carboxylic acids is 2. The van der Waals surface area contributed by atoms with Crippen molar-refractivity contribution in [2.45, 2.75) is 17.9 Å². The van der Waals surface area contributed by atoms with Crippen molar-refractivity contribution in [2.24, 2.45) is 0 Å². The number of anilines is 1. The van der Waals surface area contributed by atoms with E-state index < -0.39 is 18.0 Å². The number of amides is 1. The molecule has 3 aromatic rings. The van der Waals surface area contributed by atoms with Crippen molar-refractivity contribution >= 4 is 52.2 Å². The summed E-state index contributed by atoms with van der Waals surface area (Å²) in [5, 5.41) is 3.15. The Labute approximate surface area is 157 Å². The van der Waals surface area contributed by atoms with Crippen LogP contribution in [0.5, 0.6) is 0 Å². The molecule has 1 unspecified atom stereocenters. The highest BCUT2D eigenvalue weighted by atomic mass is 35.5. The number of esters is 1. The average Bonchev–Trinajstić information content (AvgIpc) is 3.10. The molecule has 1 aromatic carbocycles. The van der Waals surface area contributed by atoms with Crippen molar-refractivity contribution in [3.05, 3.63) is 41.9 Å². The van der Waals surface area contributed by atoms with Gasteiger partial charge in [-0.05, 0) is 19.1 Å². The number of carbonyl (C=O) groups is 2. The number of halogens is 1. The van der Waals surface area contributed by atoms with E-state index in [0.29, 0.717) is 16.2 Å². The van der Waals surface area contributed by atoms with E-state index >= 15 is 0 Å². The van der Waals surface area contributed by atoms with Crippen molar-refractivity contribution in [1.82, 2.24) is 19.9 Å². The zero-order chi connectivity index (χ0) is 18.5. The third-order valence-electron chi connectivity index (χ3n) is 3.32. The third kappa shape index (κ3) is 4.30. The monoisotopic (exact) mass is 391 g/mol. The van der Waals surface area contributed by atoms with Gasteiger partial charge in [-0.1, -0.05) is 23.7 Å². The summed E-state index contributed by atoms with van der Waals surface area (Å²) in [7, 11) is 0. The molecule has 2 heterocycles. The van der Waals surface area contributed by atoms with Crippen LogP contribution in [0, 0.1) is 0 Å². The Bertz CT molecular complexity index is 948. The van der Waals surface area contributed by atoms with Crippen LogP contribution in [0.1, 0.15) is 6.92 Å². The lowest BCUT2D eigenvalue weighted by Gasteiger charge is -2.13. The lowest BCUT2D eigenvalue weighted by atomic mass is 10.3. The van der Waals surface area contributed by atoms with E-state index in [-0.39, 0.29) is 11.6 Å². The molecule has 0 aliphatic rings. The predicted molar refractivity (Wildman–Crippen MR) is 98.0 cm³/mol. The summed E-state index contributed by atoms with van der Waals surface area (Å²) in [6.07, 6.45) is 1.75. The smallest absolute Gasteiger partial charge is 0.317 e. The van der Waals surface area contributed by atoms with Crippen molar-refractivity contribution in [3.63, 3.8) is 0 Å². The molecule has 0 saturated carbocycles. The van der Waals surface area contributed by atoms with Gasteiger partial charge in [0.1, 0.15) is 11.8 Å². The van der Waals surface area contributed by atoms with Crippen molar-refractivity contribution in [3.8, 4) is 0 Å². The number of nitrogens with one attached hydrogen (secondary N) is 2. The zero-order valence-corrected chi connectivity index (χ0v) is 15.2. The molecule has 2 aromatic heterocycles. The summed E-state index contributed by atoms with van der Waals surface area (Å²) in [5.41, 5.74) is 0.921. The van der Waals surface area contributed by atoms with Gasteiger partial charge in [0.2, 0.25) is 0 Å². The van der Waals surface area contributed by atoms with E-state index in [0.717, 1.165) is 4.90 Å². The molecule has 10 heteroatoms. The highest BCUT2D eigenvalue weighted by Gasteiger charge is 2.20. The van der Waals surface area contributed by atoms with Gasteiger partial charge >= 0.3 is 5.97 Å². The molecule has 26 heavy (non-hydrogen) atoms. The summed E-state index contributed by atoms with van der Waals surface area (Å²) < 4.78 is 5.16. The normalized spacial score (nSPS) is 11.9. The summed E-state index contributed by atoms with van der Waals surface area (Å²) in [4.78, 5) is 39.7. The van der Waals surface area contributed by atoms with Crippen molar-refractivity contribution < 1.29 is 14.3 Å². The molecule has 1 atom stereocenters. The van der Waals surface area contributed by atoms with E-state index in [2.05, 4.69) is 25.3 Å². The topological polar surface area (TPSA) is 110 Å². The minimum Gasteiger partial charge on any atom is -0.452 e. The van der Waals surface area contributed by atoms with E-state index in [4.69, 9.17) is 16.3 Å². The molecule has 8 nitrogen and oxygen atoms in total. The fourth-order valence-electron chi connectivity index (χ4n) is 2.06. The Hall–Kier alpha value is -2.65. The quantitative estimate of drug-likeness (QED) is 0.491. The highest BCUT2D eigenvalue weighted by Crippen LogP contribution is 2.26. The molecule has 0 spiro atoms. The van der Waals surface area contributed by atoms with Gasteiger partial charge < -0.3 is 15.0 Å². The number of nitrogens with zero attached hydrogens (tertiary/aromatic N) is 3. The van der Waals surface area contributed by atoms with Crippen LogP contribution in [0.15, 0.2) is 41.8 Å². The van der Waals surface area contributed by atoms with E-state index in [9.17, 15) is 9.59 Å². The largest absolute Gasteiger partial charge is 0.452 e. The van der Waals surface area contributed by atoms with Gasteiger partial charge in [-0.25, -0.2) is 15.0 Å². The molecule has 0 aliphatic heterocycles. The van der Waals surface area contributed by atoms with Crippen LogP contribution in [0.25, 0.3) is 11.2 Å². The Balaban J connectivity index is 1.54. The standard InChI is InChI=1S/C16H14ClN5O3S/c1-9(25-12(23)6-26-11-5-3-2-4-10(11)17)16(24)22-15-13-14(19-7-18-13)20-8-21-15/h2-5,7-9H,6H2,1H3,(H2,18,19,20,21,22,24). The lowest BCUT2D eigenvalue weighted by molar-refractivity contribution is -0.150. The van der Waals surface area contributed by atoms with Crippen LogP contribution in [0.3, 0.4) is 0 Å². The molecule has 0 aliphatic carbocycles. The number of imidazole rings is 1. The molecule has 2 N–H and O–H groups in total. The van der Waals surface area contributed by atoms with Crippen LogP contribution >= 0.6 is 23.4 Å². The van der Waals surface area contributed by atoms with Crippen LogP contribution in [0.4, 0.5) is 5.82 Å². The maximum absolute atomic E-state index is 12.2. The average molecular weight is 392 g/mol. The fraction of sp³-hybridized carbons (Fsp3) is 0.188. The third-order valence-corrected chi connectivity index (χ3v) is 4.81. The second kappa shape index (κ2) is 8.15. The molecule has 3 rings (SSSR count). The van der Waals surface area contributed by atoms with Crippen LogP contribution in [0.2, 0.25) is 5.02 Å². The van der Waals surface area contributed by atoms with Gasteiger partial charge in [0.25, 0.3) is 5.91 Å². The number of fused-ring (bicyclic) bond motifs is 1. The first-order chi connectivity index (χ1) is 12.5. The minimum atomic E-state index is -0.984. The number of ether oxygens (including phenoxy) is 1. The number of hydrogen-bond donors (Lipinski definition) is 2. The highest BCUT2D eigenvalue weighted by molar-refractivity contribution is 8.00. The number of H-pyrrole nitrogens is 1. The van der Waals surface area contributed by atoms with Crippen LogP contribution in [-0.2, 0) is 14.3 Å². The maximum Gasteiger partial charge on any atom is 0.317 e. The summed E-state index contributed by atoms with van der Waals surface area (Å²) >= 11 is 7.28. The minimum absolute atomic E-state index is 0.0413. The van der Waals surface area contributed by atoms with Gasteiger partial charge in [0.05, 0.1) is 17.1 Å². The Morgan fingerprint density at radius 1 is 1.31 bits per heavy atom. The first-order valence-electron chi connectivity index (χ1n) is 7.56. The van der Waals surface area contributed by atoms with Crippen molar-refractivity contribution in [2.75, 3.05) is 11.1 Å². The number of aromatic nitrogens is 4. The SMILES string of the molecule is CC(OC(=O)CSc1ccccc1Cl)C(=O)Nc1ncnc2nc[nH]c12. The molecular weight excluding hydrogens is 378 g/mol. The van der Waals surface area contributed by atoms with E-state index in [1.807, 2.05) is 6.07 Å². The fourth-order valence-corrected chi connectivity index (χ4v) is 3.08. The number of thioether (sulfide) groups is 1. The molecule has 134 valence electrons. The molecule has 0 bridgehead atoms. The Morgan fingerprint density at radius 3 is 2.92 bits per heavy atom. The number of benzene rings is 1. The molecular formula is C16H14ClN5O3S. The van der Waals surface area contributed by atoms with Gasteiger partial charge in [-0.3, -0.25) is 9.59 Å². The van der Waals surface area contributed by atoms with Crippen LogP contribution in [-0.4, -0.2) is 43.7 Å². The van der Waals surface area contributed by atoms with E-state index in [1.165, 1.54) is 31.3 Å². The first kappa shape index (κ1) is 18.2. The van der Waals surface area contributed by atoms with Gasteiger partial charge in [0.15, 0.2) is 17.6 Å². The maximum atomic E-state index is 12.2. The lowest BCUT2D eigenvalue weighted by Crippen LogP contribution is -2.31. The Morgan fingerprint density at radius 2 is 2.12 bits per heavy atom. The summed E-state index contributed by atoms with van der Waals surface area (Å²) in [6.45, 7) is 1.48. The second-order valence-corrected chi connectivity index (χ2v) is 6.59. The number of rotatable bonds is 6. The summed E-state index contributed by atoms with van der Waals surface area (Å²) in [5.74, 6) is -0.715. The van der Waals surface area contributed by atoms with Gasteiger partial charge in [-0.15, -0.1) is 11.8 Å². The zero-order valence-electron chi connectivity index (χ0n) is 13.6. The van der Waals surface area contributed by atoms with Gasteiger partial charge in [0, 0.05) is 4.90 Å². The first-order valence-corrected chi connectivity index (χ1v) is 8.92. The Kier molecular flexibility index (Phi) is 5.69. The number of hydrogen-bond acceptors (Lipinski definition) is 7. The number of aromatic amines is 1. The summed E-state index contributed by atoms with van der Waals surface area (Å²) in [6, 6.07) is 7.18. The molecule has 0 fully saturated rings. The molecule has 1 amide bonds. The van der Waals surface area contributed by atoms with Crippen molar-refractivity contribution in [1.29, 1.82) is 0 Å². The van der Waals surface area contributed by atoms with Gasteiger partial charge in [-0.2, -0.15) is 0 Å².